The molecule has 3 aromatic rings. The van der Waals surface area contributed by atoms with Crippen molar-refractivity contribution in [2.24, 2.45) is 0 Å². The van der Waals surface area contributed by atoms with Gasteiger partial charge in [0.2, 0.25) is 0 Å². The summed E-state index contributed by atoms with van der Waals surface area (Å²) in [6.45, 7) is 2.08. The monoisotopic (exact) mass is 319 g/mol. The Morgan fingerprint density at radius 2 is 2.00 bits per heavy atom. The fourth-order valence-electron chi connectivity index (χ4n) is 2.07. The van der Waals surface area contributed by atoms with Crippen LogP contribution in [0, 0.1) is 6.92 Å². The molecule has 2 N–H and O–H groups in total. The molecule has 0 radical (unpaired) electrons. The Labute approximate surface area is 131 Å². The summed E-state index contributed by atoms with van der Waals surface area (Å²) < 4.78 is 1.24. The lowest BCUT2D eigenvalue weighted by Gasteiger charge is -2.05. The zero-order chi connectivity index (χ0) is 14.1. The van der Waals surface area contributed by atoms with E-state index in [-0.39, 0.29) is 0 Å². The molecule has 1 nitrogen and oxygen atoms in total. The summed E-state index contributed by atoms with van der Waals surface area (Å²) >= 11 is 9.96. The van der Waals surface area contributed by atoms with Crippen LogP contribution in [0.4, 0.5) is 5.69 Å². The predicted octanol–water partition coefficient (Wildman–Crippen LogP) is 5.74. The van der Waals surface area contributed by atoms with E-state index >= 15 is 0 Å². The molecule has 0 aliphatic rings. The van der Waals surface area contributed by atoms with E-state index in [2.05, 4.69) is 25.1 Å². The van der Waals surface area contributed by atoms with E-state index in [4.69, 9.17) is 17.3 Å². The predicted molar refractivity (Wildman–Crippen MR) is 92.0 cm³/mol. The van der Waals surface area contributed by atoms with Crippen LogP contribution < -0.4 is 5.73 Å². The SMILES string of the molecule is Cc1ccc(N)c(SCc2sc3ccccc3c2Cl)c1. The Morgan fingerprint density at radius 3 is 2.80 bits per heavy atom. The Kier molecular flexibility index (Phi) is 3.92. The van der Waals surface area contributed by atoms with Crippen molar-refractivity contribution < 1.29 is 0 Å². The highest BCUT2D eigenvalue weighted by molar-refractivity contribution is 7.98. The van der Waals surface area contributed by atoms with Gasteiger partial charge in [0.1, 0.15) is 0 Å². The second-order valence-electron chi connectivity index (χ2n) is 4.67. The van der Waals surface area contributed by atoms with Gasteiger partial charge in [-0.3, -0.25) is 0 Å². The maximum atomic E-state index is 6.46. The van der Waals surface area contributed by atoms with E-state index in [1.54, 1.807) is 23.1 Å². The summed E-state index contributed by atoms with van der Waals surface area (Å²) in [5.74, 6) is 0.853. The lowest BCUT2D eigenvalue weighted by molar-refractivity contribution is 1.36. The van der Waals surface area contributed by atoms with E-state index in [0.717, 1.165) is 26.7 Å². The number of fused-ring (bicyclic) bond motifs is 1. The van der Waals surface area contributed by atoms with Gasteiger partial charge < -0.3 is 5.73 Å². The lowest BCUT2D eigenvalue weighted by atomic mass is 10.2. The smallest absolute Gasteiger partial charge is 0.0632 e. The summed E-state index contributed by atoms with van der Waals surface area (Å²) in [6, 6.07) is 14.4. The van der Waals surface area contributed by atoms with Crippen LogP contribution in [-0.4, -0.2) is 0 Å². The van der Waals surface area contributed by atoms with Gasteiger partial charge in [-0.2, -0.15) is 0 Å². The van der Waals surface area contributed by atoms with E-state index in [0.29, 0.717) is 0 Å². The quantitative estimate of drug-likeness (QED) is 0.492. The first-order chi connectivity index (χ1) is 9.65. The average molecular weight is 320 g/mol. The fraction of sp³-hybridized carbons (Fsp3) is 0.125. The van der Waals surface area contributed by atoms with Gasteiger partial charge in [-0.05, 0) is 30.7 Å². The van der Waals surface area contributed by atoms with Crippen molar-refractivity contribution in [2.75, 3.05) is 5.73 Å². The van der Waals surface area contributed by atoms with Crippen LogP contribution in [0.5, 0.6) is 0 Å². The average Bonchev–Trinajstić information content (AvgIpc) is 2.77. The largest absolute Gasteiger partial charge is 0.398 e. The Balaban J connectivity index is 1.87. The third-order valence-corrected chi connectivity index (χ3v) is 6.12. The van der Waals surface area contributed by atoms with Gasteiger partial charge in [0.25, 0.3) is 0 Å². The molecule has 0 aliphatic carbocycles. The van der Waals surface area contributed by atoms with Gasteiger partial charge in [-0.1, -0.05) is 35.9 Å². The second-order valence-corrected chi connectivity index (χ2v) is 7.20. The lowest BCUT2D eigenvalue weighted by Crippen LogP contribution is -1.89. The topological polar surface area (TPSA) is 26.0 Å². The number of hydrogen-bond acceptors (Lipinski definition) is 3. The molecule has 0 spiro atoms. The Morgan fingerprint density at radius 1 is 1.20 bits per heavy atom. The molecule has 0 unspecified atom stereocenters. The van der Waals surface area contributed by atoms with Crippen LogP contribution in [0.1, 0.15) is 10.4 Å². The van der Waals surface area contributed by atoms with Crippen molar-refractivity contribution in [1.29, 1.82) is 0 Å². The molecule has 20 heavy (non-hydrogen) atoms. The van der Waals surface area contributed by atoms with Gasteiger partial charge in [0.05, 0.1) is 5.02 Å². The minimum atomic E-state index is 0.831. The minimum absolute atomic E-state index is 0.831. The standard InChI is InChI=1S/C16H14ClNS2/c1-10-6-7-12(18)14(8-10)19-9-15-16(17)11-4-2-3-5-13(11)20-15/h2-8H,9,18H2,1H3. The van der Waals surface area contributed by atoms with Crippen molar-refractivity contribution in [3.05, 3.63) is 57.9 Å². The number of rotatable bonds is 3. The highest BCUT2D eigenvalue weighted by Gasteiger charge is 2.10. The van der Waals surface area contributed by atoms with Crippen molar-refractivity contribution in [3.63, 3.8) is 0 Å². The highest BCUT2D eigenvalue weighted by Crippen LogP contribution is 2.39. The van der Waals surface area contributed by atoms with Crippen LogP contribution in [0.15, 0.2) is 47.4 Å². The van der Waals surface area contributed by atoms with Crippen molar-refractivity contribution >= 4 is 50.5 Å². The number of aryl methyl sites for hydroxylation is 1. The second kappa shape index (κ2) is 5.68. The van der Waals surface area contributed by atoms with Gasteiger partial charge >= 0.3 is 0 Å². The molecule has 0 saturated heterocycles. The van der Waals surface area contributed by atoms with Crippen LogP contribution in [0.3, 0.4) is 0 Å². The molecule has 0 amide bonds. The van der Waals surface area contributed by atoms with E-state index in [1.807, 2.05) is 24.3 Å². The number of hydrogen-bond donors (Lipinski definition) is 1. The van der Waals surface area contributed by atoms with Gasteiger partial charge in [-0.15, -0.1) is 23.1 Å². The number of nitrogens with two attached hydrogens (primary N) is 1. The maximum absolute atomic E-state index is 6.46. The van der Waals surface area contributed by atoms with Crippen molar-refractivity contribution in [1.82, 2.24) is 0 Å². The number of nitrogen functional groups attached to an aromatic ring is 1. The molecule has 4 heteroatoms. The number of anilines is 1. The molecule has 3 rings (SSSR count). The fourth-order valence-corrected chi connectivity index (χ4v) is 4.79. The molecule has 0 bridgehead atoms. The zero-order valence-electron chi connectivity index (χ0n) is 11.0. The molecular weight excluding hydrogens is 306 g/mol. The molecule has 0 atom stereocenters. The summed E-state index contributed by atoms with van der Waals surface area (Å²) in [5.41, 5.74) is 8.07. The number of halogens is 1. The number of benzene rings is 2. The first-order valence-corrected chi connectivity index (χ1v) is 8.48. The van der Waals surface area contributed by atoms with Crippen LogP contribution in [-0.2, 0) is 5.75 Å². The molecule has 0 saturated carbocycles. The Bertz CT molecular complexity index is 764. The summed E-state index contributed by atoms with van der Waals surface area (Å²) in [6.07, 6.45) is 0. The maximum Gasteiger partial charge on any atom is 0.0632 e. The molecule has 1 aromatic heterocycles. The molecule has 2 aromatic carbocycles. The minimum Gasteiger partial charge on any atom is -0.398 e. The van der Waals surface area contributed by atoms with Crippen molar-refractivity contribution in [3.8, 4) is 0 Å². The van der Waals surface area contributed by atoms with Crippen molar-refractivity contribution in [2.45, 2.75) is 17.6 Å². The van der Waals surface area contributed by atoms with E-state index in [9.17, 15) is 0 Å². The Hall–Kier alpha value is -1.16. The van der Waals surface area contributed by atoms with E-state index in [1.165, 1.54) is 15.1 Å². The molecule has 102 valence electrons. The van der Waals surface area contributed by atoms with Gasteiger partial charge in [-0.25, -0.2) is 0 Å². The zero-order valence-corrected chi connectivity index (χ0v) is 13.4. The van der Waals surface area contributed by atoms with Gasteiger partial charge in [0, 0.05) is 31.3 Å². The number of thiophene rings is 1. The molecule has 1 heterocycles. The summed E-state index contributed by atoms with van der Waals surface area (Å²) in [7, 11) is 0. The molecular formula is C16H14ClNS2. The van der Waals surface area contributed by atoms with E-state index < -0.39 is 0 Å². The first-order valence-electron chi connectivity index (χ1n) is 6.30. The first kappa shape index (κ1) is 13.8. The molecule has 0 aliphatic heterocycles. The number of thioether (sulfide) groups is 1. The third-order valence-electron chi connectivity index (χ3n) is 3.13. The van der Waals surface area contributed by atoms with Crippen LogP contribution in [0.25, 0.3) is 10.1 Å². The van der Waals surface area contributed by atoms with Gasteiger partial charge in [0.15, 0.2) is 0 Å². The third kappa shape index (κ3) is 2.66. The highest BCUT2D eigenvalue weighted by atomic mass is 35.5. The normalized spacial score (nSPS) is 11.1. The summed E-state index contributed by atoms with van der Waals surface area (Å²) in [5, 5.41) is 2.02. The van der Waals surface area contributed by atoms with Crippen LogP contribution >= 0.6 is 34.7 Å². The van der Waals surface area contributed by atoms with Crippen LogP contribution in [0.2, 0.25) is 5.02 Å². The summed E-state index contributed by atoms with van der Waals surface area (Å²) in [4.78, 5) is 2.33. The molecule has 0 fully saturated rings.